The third kappa shape index (κ3) is 6.18. The average Bonchev–Trinajstić information content (AvgIpc) is 3.13. The Labute approximate surface area is 328 Å². The molecule has 14 nitrogen and oxygen atoms in total. The van der Waals surface area contributed by atoms with Gasteiger partial charge in [-0.1, -0.05) is 66.2 Å². The van der Waals surface area contributed by atoms with Gasteiger partial charge in [0.15, 0.2) is 24.8 Å². The molecule has 0 unspecified atom stereocenters. The molecule has 0 bridgehead atoms. The lowest BCUT2D eigenvalue weighted by Crippen LogP contribution is -2.67. The molecule has 5 aliphatic carbocycles. The lowest BCUT2D eigenvalue weighted by molar-refractivity contribution is -0.371. The molecule has 7 rings (SSSR count). The summed E-state index contributed by atoms with van der Waals surface area (Å²) in [6.07, 6.45) is -6.16. The number of carbonyl (C=O) groups is 2. The molecule has 3 saturated carbocycles. The largest absolute Gasteiger partial charge is 0.479 e. The minimum absolute atomic E-state index is 0.0271. The van der Waals surface area contributed by atoms with E-state index in [2.05, 4.69) is 60.6 Å². The number of carboxylic acid groups (broad SMARTS) is 2. The highest BCUT2D eigenvalue weighted by Crippen LogP contribution is 2.74. The van der Waals surface area contributed by atoms with Gasteiger partial charge in [0.2, 0.25) is 0 Å². The third-order valence-electron chi connectivity index (χ3n) is 16.8. The fourth-order valence-electron chi connectivity index (χ4n) is 12.9. The van der Waals surface area contributed by atoms with Gasteiger partial charge in [0, 0.05) is 6.61 Å². The van der Waals surface area contributed by atoms with Crippen LogP contribution in [0.3, 0.4) is 0 Å². The van der Waals surface area contributed by atoms with E-state index >= 15 is 0 Å². The molecule has 7 aliphatic rings. The molecule has 2 heterocycles. The highest BCUT2D eigenvalue weighted by atomic mass is 16.8. The van der Waals surface area contributed by atoms with Crippen LogP contribution in [0.4, 0.5) is 0 Å². The van der Waals surface area contributed by atoms with Crippen molar-refractivity contribution in [2.45, 2.75) is 174 Å². The minimum atomic E-state index is -2.00. The van der Waals surface area contributed by atoms with Crippen LogP contribution in [0.1, 0.15) is 106 Å². The maximum atomic E-state index is 12.2. The molecule has 2 aliphatic heterocycles. The van der Waals surface area contributed by atoms with Crippen molar-refractivity contribution in [3.8, 4) is 0 Å². The molecule has 0 amide bonds. The van der Waals surface area contributed by atoms with Crippen molar-refractivity contribution in [2.75, 3.05) is 6.61 Å². The number of hydrogen-bond acceptors (Lipinski definition) is 12. The zero-order valence-electron chi connectivity index (χ0n) is 33.8. The Morgan fingerprint density at radius 3 is 1.96 bits per heavy atom. The number of ether oxygens (including phenoxy) is 4. The highest BCUT2D eigenvalue weighted by molar-refractivity contribution is 5.74. The Morgan fingerprint density at radius 1 is 0.732 bits per heavy atom. The van der Waals surface area contributed by atoms with E-state index in [1.54, 1.807) is 0 Å². The van der Waals surface area contributed by atoms with Gasteiger partial charge in [-0.3, -0.25) is 0 Å². The van der Waals surface area contributed by atoms with E-state index in [4.69, 9.17) is 18.9 Å². The first-order chi connectivity index (χ1) is 26.0. The summed E-state index contributed by atoms with van der Waals surface area (Å²) < 4.78 is 23.5. The van der Waals surface area contributed by atoms with Crippen LogP contribution in [0.25, 0.3) is 0 Å². The zero-order chi connectivity index (χ0) is 41.1. The standard InChI is InChI=1S/C42H64O14/c1-37(2)22-10-13-42(7)23(9-8-20-21-18-38(3,19-43)14-15-39(21,4)16-17-41(20,42)6)40(22,5)12-11-24(37)53-36-32(28(47)27(46)31(55-36)34(51)52)56-35-29(48)25(44)26(45)30(54-35)33(49)50/h8-9,22-32,35-36,43-48H,10-19H2,1-7H3,(H,49,50)(H,51,52)/t22-,23+,24-,25-,26-,27-,28-,29+,30-,31-,32+,35-,36-,38-,39+,40-,41+,42+/m0/s1. The Hall–Kier alpha value is -1.98. The Morgan fingerprint density at radius 2 is 1.34 bits per heavy atom. The van der Waals surface area contributed by atoms with E-state index in [1.165, 1.54) is 11.1 Å². The Kier molecular flexibility index (Phi) is 10.6. The fourth-order valence-corrected chi connectivity index (χ4v) is 12.9. The number of aliphatic hydroxyl groups excluding tert-OH is 6. The minimum Gasteiger partial charge on any atom is -0.479 e. The summed E-state index contributed by atoms with van der Waals surface area (Å²) in [7, 11) is 0. The first kappa shape index (κ1) is 42.2. The normalized spacial score (nSPS) is 52.6. The van der Waals surface area contributed by atoms with E-state index in [-0.39, 0.29) is 45.5 Å². The van der Waals surface area contributed by atoms with Crippen molar-refractivity contribution in [3.05, 3.63) is 23.3 Å². The van der Waals surface area contributed by atoms with E-state index in [1.807, 2.05) is 0 Å². The Bertz CT molecular complexity index is 1630. The van der Waals surface area contributed by atoms with Crippen LogP contribution in [-0.2, 0) is 28.5 Å². The van der Waals surface area contributed by atoms with E-state index in [0.717, 1.165) is 51.4 Å². The number of rotatable bonds is 7. The zero-order valence-corrected chi connectivity index (χ0v) is 33.8. The van der Waals surface area contributed by atoms with Crippen LogP contribution in [0, 0.1) is 44.3 Å². The van der Waals surface area contributed by atoms with Crippen molar-refractivity contribution in [3.63, 3.8) is 0 Å². The van der Waals surface area contributed by atoms with Gasteiger partial charge in [-0.15, -0.1) is 0 Å². The van der Waals surface area contributed by atoms with Gasteiger partial charge >= 0.3 is 11.9 Å². The van der Waals surface area contributed by atoms with Crippen molar-refractivity contribution >= 4 is 11.9 Å². The first-order valence-corrected chi connectivity index (χ1v) is 20.5. The van der Waals surface area contributed by atoms with Gasteiger partial charge in [0.25, 0.3) is 0 Å². The van der Waals surface area contributed by atoms with Crippen LogP contribution < -0.4 is 0 Å². The molecule has 2 saturated heterocycles. The number of allylic oxidation sites excluding steroid dienone is 4. The second-order valence-corrected chi connectivity index (χ2v) is 20.3. The molecule has 0 aromatic rings. The summed E-state index contributed by atoms with van der Waals surface area (Å²) in [5.74, 6) is -2.78. The van der Waals surface area contributed by atoms with Crippen molar-refractivity contribution < 1.29 is 69.4 Å². The summed E-state index contributed by atoms with van der Waals surface area (Å²) in [6, 6.07) is 0. The maximum Gasteiger partial charge on any atom is 0.335 e. The van der Waals surface area contributed by atoms with Gasteiger partial charge < -0.3 is 59.8 Å². The SMILES string of the molecule is CC1(C)[C@@H](O[C@H]2O[C@H](C(=O)O)[C@@H](O)[C@H](O)[C@H]2O[C@@H]2O[C@H](C(=O)O)[C@@H](O)[C@H](O)[C@H]2O)CC[C@]2(C)[C@H]3C=CC4=C5C[C@@](C)(CO)CC[C@]5(C)CC[C@@]4(C)[C@]3(C)CC[C@@H]12. The molecule has 0 aromatic carbocycles. The predicted octanol–water partition coefficient (Wildman–Crippen LogP) is 2.89. The monoisotopic (exact) mass is 792 g/mol. The van der Waals surface area contributed by atoms with Crippen LogP contribution in [0.2, 0.25) is 0 Å². The van der Waals surface area contributed by atoms with Gasteiger partial charge in [-0.05, 0) is 108 Å². The fraction of sp³-hybridized carbons (Fsp3) is 0.857. The summed E-state index contributed by atoms with van der Waals surface area (Å²) in [5, 5.41) is 83.2. The molecule has 0 aromatic heterocycles. The first-order valence-electron chi connectivity index (χ1n) is 20.5. The summed E-state index contributed by atoms with van der Waals surface area (Å²) >= 11 is 0. The predicted molar refractivity (Wildman–Crippen MR) is 198 cm³/mol. The van der Waals surface area contributed by atoms with Gasteiger partial charge in [0.1, 0.15) is 36.6 Å². The molecule has 0 radical (unpaired) electrons. The number of carboxylic acids is 2. The summed E-state index contributed by atoms with van der Waals surface area (Å²) in [6.45, 7) is 16.4. The van der Waals surface area contributed by atoms with Crippen molar-refractivity contribution in [1.82, 2.24) is 0 Å². The van der Waals surface area contributed by atoms with Crippen LogP contribution in [-0.4, -0.2) is 127 Å². The number of fused-ring (bicyclic) bond motifs is 6. The van der Waals surface area contributed by atoms with Crippen LogP contribution in [0.5, 0.6) is 0 Å². The van der Waals surface area contributed by atoms with E-state index in [9.17, 15) is 50.4 Å². The highest BCUT2D eigenvalue weighted by Gasteiger charge is 2.67. The molecule has 18 atom stereocenters. The van der Waals surface area contributed by atoms with Crippen LogP contribution >= 0.6 is 0 Å². The molecule has 14 heteroatoms. The average molecular weight is 793 g/mol. The maximum absolute atomic E-state index is 12.2. The molecule has 0 spiro atoms. The Balaban J connectivity index is 1.17. The molecule has 8 N–H and O–H groups in total. The van der Waals surface area contributed by atoms with Gasteiger partial charge in [0.05, 0.1) is 6.10 Å². The van der Waals surface area contributed by atoms with Gasteiger partial charge in [-0.25, -0.2) is 9.59 Å². The molecule has 56 heavy (non-hydrogen) atoms. The summed E-state index contributed by atoms with van der Waals surface area (Å²) in [5.41, 5.74) is 2.31. The number of aliphatic hydroxyl groups is 6. The number of aliphatic carboxylic acids is 2. The molecule has 316 valence electrons. The van der Waals surface area contributed by atoms with E-state index < -0.39 is 84.9 Å². The lowest BCUT2D eigenvalue weighted by Gasteiger charge is -2.69. The van der Waals surface area contributed by atoms with E-state index in [0.29, 0.717) is 6.42 Å². The molecule has 5 fully saturated rings. The lowest BCUT2D eigenvalue weighted by atomic mass is 9.35. The summed E-state index contributed by atoms with van der Waals surface area (Å²) in [4.78, 5) is 24.0. The smallest absolute Gasteiger partial charge is 0.335 e. The van der Waals surface area contributed by atoms with Gasteiger partial charge in [-0.2, -0.15) is 0 Å². The topological polar surface area (TPSA) is 233 Å². The number of hydrogen-bond donors (Lipinski definition) is 8. The van der Waals surface area contributed by atoms with Crippen LogP contribution in [0.15, 0.2) is 23.3 Å². The second kappa shape index (κ2) is 14.1. The molecular weight excluding hydrogens is 728 g/mol. The second-order valence-electron chi connectivity index (χ2n) is 20.3. The van der Waals surface area contributed by atoms with Crippen molar-refractivity contribution in [2.24, 2.45) is 44.3 Å². The third-order valence-corrected chi connectivity index (χ3v) is 16.8. The van der Waals surface area contributed by atoms with Crippen molar-refractivity contribution in [1.29, 1.82) is 0 Å². The quantitative estimate of drug-likeness (QED) is 0.173. The molecular formula is C42H64O14.